The summed E-state index contributed by atoms with van der Waals surface area (Å²) in [5.41, 5.74) is -1.23. The second kappa shape index (κ2) is 5.29. The Bertz CT molecular complexity index is 360. The minimum Gasteiger partial charge on any atom is -0.490 e. The molecule has 1 aromatic heterocycles. The number of aliphatic hydroxyl groups is 2. The van der Waals surface area contributed by atoms with Gasteiger partial charge < -0.3 is 20.3 Å². The van der Waals surface area contributed by atoms with Crippen molar-refractivity contribution in [2.45, 2.75) is 12.5 Å². The highest BCUT2D eigenvalue weighted by atomic mass is 35.5. The van der Waals surface area contributed by atoms with E-state index < -0.39 is 5.60 Å². The fraction of sp³-hybridized carbons (Fsp3) is 0.556. The SMILES string of the molecule is COc1c(Cl)ncnc1NCC(C)(O)CO. The van der Waals surface area contributed by atoms with Crippen LogP contribution in [0.15, 0.2) is 6.33 Å². The Labute approximate surface area is 98.3 Å². The predicted octanol–water partition coefficient (Wildman–Crippen LogP) is 0.294. The third-order valence-corrected chi connectivity index (χ3v) is 2.21. The van der Waals surface area contributed by atoms with E-state index in [1.807, 2.05) is 0 Å². The minimum absolute atomic E-state index is 0.118. The molecule has 1 atom stereocenters. The molecule has 3 N–H and O–H groups in total. The summed E-state index contributed by atoms with van der Waals surface area (Å²) in [6.07, 6.45) is 1.28. The third-order valence-electron chi connectivity index (χ3n) is 1.94. The number of methoxy groups -OCH3 is 1. The van der Waals surface area contributed by atoms with Crippen LogP contribution in [0.5, 0.6) is 5.75 Å². The van der Waals surface area contributed by atoms with Gasteiger partial charge in [-0.25, -0.2) is 9.97 Å². The molecule has 0 fully saturated rings. The number of aliphatic hydroxyl groups excluding tert-OH is 1. The molecule has 16 heavy (non-hydrogen) atoms. The lowest BCUT2D eigenvalue weighted by molar-refractivity contribution is 0.0131. The monoisotopic (exact) mass is 247 g/mol. The highest BCUT2D eigenvalue weighted by Gasteiger charge is 2.20. The van der Waals surface area contributed by atoms with Crippen LogP contribution in [0.4, 0.5) is 5.82 Å². The molecule has 7 heteroatoms. The van der Waals surface area contributed by atoms with Crippen LogP contribution in [0.2, 0.25) is 5.15 Å². The number of hydrogen-bond acceptors (Lipinski definition) is 6. The van der Waals surface area contributed by atoms with Gasteiger partial charge in [0.1, 0.15) is 11.9 Å². The zero-order valence-corrected chi connectivity index (χ0v) is 9.82. The van der Waals surface area contributed by atoms with Gasteiger partial charge in [0.15, 0.2) is 16.7 Å². The molecule has 0 saturated heterocycles. The Hall–Kier alpha value is -1.11. The topological polar surface area (TPSA) is 87.5 Å². The summed E-state index contributed by atoms with van der Waals surface area (Å²) in [6.45, 7) is 1.25. The number of hydrogen-bond donors (Lipinski definition) is 3. The molecule has 0 bridgehead atoms. The molecule has 0 radical (unpaired) electrons. The fourth-order valence-electron chi connectivity index (χ4n) is 0.989. The first kappa shape index (κ1) is 13.0. The molecular weight excluding hydrogens is 234 g/mol. The molecule has 1 aromatic rings. The van der Waals surface area contributed by atoms with E-state index in [0.29, 0.717) is 11.6 Å². The second-order valence-corrected chi connectivity index (χ2v) is 3.91. The predicted molar refractivity (Wildman–Crippen MR) is 59.8 cm³/mol. The van der Waals surface area contributed by atoms with E-state index in [4.69, 9.17) is 21.4 Å². The maximum atomic E-state index is 9.59. The first-order valence-corrected chi connectivity index (χ1v) is 4.99. The van der Waals surface area contributed by atoms with E-state index in [1.54, 1.807) is 0 Å². The average Bonchev–Trinajstić information content (AvgIpc) is 2.26. The summed E-state index contributed by atoms with van der Waals surface area (Å²) >= 11 is 5.79. The Morgan fingerprint density at radius 1 is 1.56 bits per heavy atom. The molecule has 0 aromatic carbocycles. The first-order valence-electron chi connectivity index (χ1n) is 4.62. The Morgan fingerprint density at radius 2 is 2.25 bits per heavy atom. The van der Waals surface area contributed by atoms with Gasteiger partial charge in [-0.15, -0.1) is 0 Å². The molecule has 0 amide bonds. The molecule has 1 rings (SSSR count). The summed E-state index contributed by atoms with van der Waals surface area (Å²) in [5, 5.41) is 21.5. The van der Waals surface area contributed by atoms with Crippen LogP contribution in [0, 0.1) is 0 Å². The zero-order chi connectivity index (χ0) is 12.2. The Morgan fingerprint density at radius 3 is 2.81 bits per heavy atom. The van der Waals surface area contributed by atoms with E-state index in [2.05, 4.69) is 15.3 Å². The van der Waals surface area contributed by atoms with E-state index in [9.17, 15) is 5.11 Å². The molecule has 1 unspecified atom stereocenters. The highest BCUT2D eigenvalue weighted by molar-refractivity contribution is 6.31. The van der Waals surface area contributed by atoms with Crippen molar-refractivity contribution in [3.63, 3.8) is 0 Å². The van der Waals surface area contributed by atoms with Gasteiger partial charge in [-0.2, -0.15) is 0 Å². The lowest BCUT2D eigenvalue weighted by Crippen LogP contribution is -2.37. The van der Waals surface area contributed by atoms with Crippen LogP contribution in [-0.4, -0.2) is 46.0 Å². The quantitative estimate of drug-likeness (QED) is 0.649. The normalized spacial score (nSPS) is 14.3. The van der Waals surface area contributed by atoms with Crippen molar-refractivity contribution in [2.75, 3.05) is 25.6 Å². The van der Waals surface area contributed by atoms with E-state index in [1.165, 1.54) is 20.4 Å². The largest absolute Gasteiger partial charge is 0.490 e. The van der Waals surface area contributed by atoms with E-state index >= 15 is 0 Å². The maximum absolute atomic E-state index is 9.59. The molecule has 0 spiro atoms. The standard InChI is InChI=1S/C9H14ClN3O3/c1-9(15,4-14)3-11-8-6(16-2)7(10)12-5-13-8/h5,14-15H,3-4H2,1-2H3,(H,11,12,13). The third kappa shape index (κ3) is 3.19. The van der Waals surface area contributed by atoms with Crippen LogP contribution in [0.1, 0.15) is 6.92 Å². The van der Waals surface area contributed by atoms with Gasteiger partial charge >= 0.3 is 0 Å². The molecule has 0 aliphatic carbocycles. The first-order chi connectivity index (χ1) is 7.50. The molecule has 90 valence electrons. The molecule has 6 nitrogen and oxygen atoms in total. The second-order valence-electron chi connectivity index (χ2n) is 3.55. The molecule has 0 saturated carbocycles. The molecule has 1 heterocycles. The van der Waals surface area contributed by atoms with Crippen molar-refractivity contribution < 1.29 is 14.9 Å². The van der Waals surface area contributed by atoms with Crippen molar-refractivity contribution in [2.24, 2.45) is 0 Å². The van der Waals surface area contributed by atoms with Crippen LogP contribution in [0.3, 0.4) is 0 Å². The van der Waals surface area contributed by atoms with Crippen molar-refractivity contribution in [3.05, 3.63) is 11.5 Å². The van der Waals surface area contributed by atoms with Crippen LogP contribution >= 0.6 is 11.6 Å². The van der Waals surface area contributed by atoms with Gasteiger partial charge in [0, 0.05) is 6.54 Å². The average molecular weight is 248 g/mol. The molecular formula is C9H14ClN3O3. The highest BCUT2D eigenvalue weighted by Crippen LogP contribution is 2.28. The number of aromatic nitrogens is 2. The lowest BCUT2D eigenvalue weighted by Gasteiger charge is -2.21. The van der Waals surface area contributed by atoms with Crippen LogP contribution < -0.4 is 10.1 Å². The van der Waals surface area contributed by atoms with Crippen LogP contribution in [-0.2, 0) is 0 Å². The van der Waals surface area contributed by atoms with Crippen molar-refractivity contribution in [1.29, 1.82) is 0 Å². The lowest BCUT2D eigenvalue weighted by atomic mass is 10.1. The van der Waals surface area contributed by atoms with Crippen LogP contribution in [0.25, 0.3) is 0 Å². The Balaban J connectivity index is 2.78. The number of nitrogens with zero attached hydrogens (tertiary/aromatic N) is 2. The van der Waals surface area contributed by atoms with Gasteiger partial charge in [0.25, 0.3) is 0 Å². The van der Waals surface area contributed by atoms with Gasteiger partial charge in [0.2, 0.25) is 0 Å². The van der Waals surface area contributed by atoms with Gasteiger partial charge in [-0.3, -0.25) is 0 Å². The smallest absolute Gasteiger partial charge is 0.198 e. The summed E-state index contributed by atoms with van der Waals surface area (Å²) in [5.74, 6) is 0.675. The van der Waals surface area contributed by atoms with Crippen molar-refractivity contribution in [3.8, 4) is 5.75 Å². The summed E-state index contributed by atoms with van der Waals surface area (Å²) in [7, 11) is 1.44. The maximum Gasteiger partial charge on any atom is 0.198 e. The Kier molecular flexibility index (Phi) is 4.28. The number of anilines is 1. The van der Waals surface area contributed by atoms with Gasteiger partial charge in [0.05, 0.1) is 13.7 Å². The van der Waals surface area contributed by atoms with E-state index in [-0.39, 0.29) is 18.3 Å². The van der Waals surface area contributed by atoms with Gasteiger partial charge in [-0.1, -0.05) is 11.6 Å². The number of nitrogens with one attached hydrogen (secondary N) is 1. The van der Waals surface area contributed by atoms with E-state index in [0.717, 1.165) is 0 Å². The minimum atomic E-state index is -1.23. The fourth-order valence-corrected chi connectivity index (χ4v) is 1.20. The number of ether oxygens (including phenoxy) is 1. The van der Waals surface area contributed by atoms with Crippen molar-refractivity contribution >= 4 is 17.4 Å². The van der Waals surface area contributed by atoms with Gasteiger partial charge in [-0.05, 0) is 6.92 Å². The summed E-state index contributed by atoms with van der Waals surface area (Å²) in [6, 6.07) is 0. The molecule has 0 aliphatic heterocycles. The molecule has 0 aliphatic rings. The number of halogens is 1. The van der Waals surface area contributed by atoms with Crippen molar-refractivity contribution in [1.82, 2.24) is 9.97 Å². The number of rotatable bonds is 5. The summed E-state index contributed by atoms with van der Waals surface area (Å²) in [4.78, 5) is 7.68. The summed E-state index contributed by atoms with van der Waals surface area (Å²) < 4.78 is 5.01. The zero-order valence-electron chi connectivity index (χ0n) is 9.07.